The van der Waals surface area contributed by atoms with Crippen molar-refractivity contribution in [2.24, 2.45) is 0 Å². The molecule has 3 rings (SSSR count). The first-order chi connectivity index (χ1) is 8.74. The molecule has 18 heavy (non-hydrogen) atoms. The largest absolute Gasteiger partial charge is 0.490 e. The van der Waals surface area contributed by atoms with Crippen LogP contribution in [0.15, 0.2) is 24.5 Å². The zero-order valence-corrected chi connectivity index (χ0v) is 10.6. The van der Waals surface area contributed by atoms with Gasteiger partial charge in [-0.05, 0) is 25.0 Å². The molecular weight excluding hydrogens is 228 g/mol. The molecule has 4 heteroatoms. The molecule has 0 saturated carbocycles. The highest BCUT2D eigenvalue weighted by Crippen LogP contribution is 2.37. The Hall–Kier alpha value is -1.58. The molecule has 0 radical (unpaired) electrons. The summed E-state index contributed by atoms with van der Waals surface area (Å²) >= 11 is 0. The van der Waals surface area contributed by atoms with Crippen LogP contribution in [-0.2, 0) is 4.79 Å². The van der Waals surface area contributed by atoms with Gasteiger partial charge in [0.2, 0.25) is 5.91 Å². The lowest BCUT2D eigenvalue weighted by atomic mass is 9.99. The SMILES string of the molecule is CC(=O)N1C2CCC1CC(Oc1ccncc1)C2. The molecule has 2 aliphatic heterocycles. The van der Waals surface area contributed by atoms with Crippen molar-refractivity contribution in [1.29, 1.82) is 0 Å². The van der Waals surface area contributed by atoms with E-state index < -0.39 is 0 Å². The lowest BCUT2D eigenvalue weighted by Gasteiger charge is -2.38. The highest BCUT2D eigenvalue weighted by Gasteiger charge is 2.42. The van der Waals surface area contributed by atoms with E-state index in [1.807, 2.05) is 12.1 Å². The summed E-state index contributed by atoms with van der Waals surface area (Å²) in [6.07, 6.45) is 7.89. The maximum atomic E-state index is 11.6. The van der Waals surface area contributed by atoms with Crippen molar-refractivity contribution in [3.05, 3.63) is 24.5 Å². The maximum Gasteiger partial charge on any atom is 0.219 e. The molecule has 1 aromatic rings. The zero-order chi connectivity index (χ0) is 12.5. The molecule has 2 fully saturated rings. The Balaban J connectivity index is 1.67. The fourth-order valence-corrected chi connectivity index (χ4v) is 3.35. The average molecular weight is 246 g/mol. The van der Waals surface area contributed by atoms with Crippen LogP contribution in [0.25, 0.3) is 0 Å². The van der Waals surface area contributed by atoms with E-state index in [9.17, 15) is 4.79 Å². The van der Waals surface area contributed by atoms with Crippen molar-refractivity contribution in [1.82, 2.24) is 9.88 Å². The number of piperidine rings is 1. The van der Waals surface area contributed by atoms with Crippen LogP contribution in [0.4, 0.5) is 0 Å². The minimum Gasteiger partial charge on any atom is -0.490 e. The molecule has 0 aromatic carbocycles. The van der Waals surface area contributed by atoms with Crippen LogP contribution in [0, 0.1) is 0 Å². The topological polar surface area (TPSA) is 42.4 Å². The van der Waals surface area contributed by atoms with E-state index in [2.05, 4.69) is 9.88 Å². The summed E-state index contributed by atoms with van der Waals surface area (Å²) < 4.78 is 5.99. The third-order valence-electron chi connectivity index (χ3n) is 4.01. The molecular formula is C14H18N2O2. The van der Waals surface area contributed by atoms with E-state index in [4.69, 9.17) is 4.74 Å². The van der Waals surface area contributed by atoms with Crippen LogP contribution in [0.1, 0.15) is 32.6 Å². The second-order valence-electron chi connectivity index (χ2n) is 5.21. The molecule has 2 atom stereocenters. The van der Waals surface area contributed by atoms with E-state index in [1.165, 1.54) is 0 Å². The number of ether oxygens (including phenoxy) is 1. The molecule has 2 saturated heterocycles. The lowest BCUT2D eigenvalue weighted by molar-refractivity contribution is -0.134. The van der Waals surface area contributed by atoms with Crippen molar-refractivity contribution in [2.45, 2.75) is 50.8 Å². The summed E-state index contributed by atoms with van der Waals surface area (Å²) in [5.74, 6) is 1.09. The summed E-state index contributed by atoms with van der Waals surface area (Å²) in [7, 11) is 0. The van der Waals surface area contributed by atoms with Gasteiger partial charge in [0.05, 0.1) is 0 Å². The van der Waals surface area contributed by atoms with Gasteiger partial charge in [-0.15, -0.1) is 0 Å². The quantitative estimate of drug-likeness (QED) is 0.801. The number of hydrogen-bond acceptors (Lipinski definition) is 3. The maximum absolute atomic E-state index is 11.6. The Morgan fingerprint density at radius 1 is 1.28 bits per heavy atom. The van der Waals surface area contributed by atoms with Crippen LogP contribution in [0.3, 0.4) is 0 Å². The van der Waals surface area contributed by atoms with Gasteiger partial charge in [0, 0.05) is 44.2 Å². The number of carbonyl (C=O) groups excluding carboxylic acids is 1. The summed E-state index contributed by atoms with van der Waals surface area (Å²) in [4.78, 5) is 17.6. The molecule has 2 bridgehead atoms. The van der Waals surface area contributed by atoms with Gasteiger partial charge in [-0.2, -0.15) is 0 Å². The van der Waals surface area contributed by atoms with Gasteiger partial charge in [0.15, 0.2) is 0 Å². The Morgan fingerprint density at radius 2 is 1.89 bits per heavy atom. The number of carbonyl (C=O) groups is 1. The van der Waals surface area contributed by atoms with E-state index in [1.54, 1.807) is 19.3 Å². The molecule has 4 nitrogen and oxygen atoms in total. The van der Waals surface area contributed by atoms with Crippen LogP contribution < -0.4 is 4.74 Å². The Bertz CT molecular complexity index is 421. The number of rotatable bonds is 2. The predicted octanol–water partition coefficient (Wildman–Crippen LogP) is 2.00. The molecule has 0 aliphatic carbocycles. The Morgan fingerprint density at radius 3 is 2.44 bits per heavy atom. The highest BCUT2D eigenvalue weighted by atomic mass is 16.5. The van der Waals surface area contributed by atoms with E-state index >= 15 is 0 Å². The van der Waals surface area contributed by atoms with Gasteiger partial charge < -0.3 is 9.64 Å². The molecule has 0 spiro atoms. The molecule has 1 amide bonds. The summed E-state index contributed by atoms with van der Waals surface area (Å²) in [6, 6.07) is 4.54. The molecule has 96 valence electrons. The van der Waals surface area contributed by atoms with E-state index in [0.717, 1.165) is 31.4 Å². The number of amides is 1. The molecule has 2 unspecified atom stereocenters. The van der Waals surface area contributed by atoms with Crippen LogP contribution in [0.5, 0.6) is 5.75 Å². The van der Waals surface area contributed by atoms with Gasteiger partial charge in [-0.1, -0.05) is 0 Å². The van der Waals surface area contributed by atoms with E-state index in [-0.39, 0.29) is 12.0 Å². The van der Waals surface area contributed by atoms with Crippen molar-refractivity contribution in [3.8, 4) is 5.75 Å². The smallest absolute Gasteiger partial charge is 0.219 e. The number of hydrogen-bond donors (Lipinski definition) is 0. The van der Waals surface area contributed by atoms with Crippen LogP contribution in [-0.4, -0.2) is 34.0 Å². The third-order valence-corrected chi connectivity index (χ3v) is 4.01. The fourth-order valence-electron chi connectivity index (χ4n) is 3.35. The summed E-state index contributed by atoms with van der Waals surface area (Å²) in [6.45, 7) is 1.68. The van der Waals surface area contributed by atoms with Gasteiger partial charge in [0.1, 0.15) is 11.9 Å². The lowest BCUT2D eigenvalue weighted by Crippen LogP contribution is -2.48. The second-order valence-corrected chi connectivity index (χ2v) is 5.21. The number of pyridine rings is 1. The summed E-state index contributed by atoms with van der Waals surface area (Å²) in [5, 5.41) is 0. The second kappa shape index (κ2) is 4.59. The Labute approximate surface area is 107 Å². The van der Waals surface area contributed by atoms with Crippen LogP contribution >= 0.6 is 0 Å². The van der Waals surface area contributed by atoms with Crippen molar-refractivity contribution in [2.75, 3.05) is 0 Å². The van der Waals surface area contributed by atoms with Gasteiger partial charge in [0.25, 0.3) is 0 Å². The molecule has 1 aromatic heterocycles. The van der Waals surface area contributed by atoms with E-state index in [0.29, 0.717) is 12.1 Å². The van der Waals surface area contributed by atoms with Crippen LogP contribution in [0.2, 0.25) is 0 Å². The zero-order valence-electron chi connectivity index (χ0n) is 10.6. The number of fused-ring (bicyclic) bond motifs is 2. The van der Waals surface area contributed by atoms with Gasteiger partial charge >= 0.3 is 0 Å². The first kappa shape index (κ1) is 11.5. The number of aromatic nitrogens is 1. The average Bonchev–Trinajstić information content (AvgIpc) is 2.63. The fraction of sp³-hybridized carbons (Fsp3) is 0.571. The normalized spacial score (nSPS) is 30.3. The van der Waals surface area contributed by atoms with Gasteiger partial charge in [-0.3, -0.25) is 9.78 Å². The van der Waals surface area contributed by atoms with Gasteiger partial charge in [-0.25, -0.2) is 0 Å². The molecule has 3 heterocycles. The van der Waals surface area contributed by atoms with Crippen molar-refractivity contribution >= 4 is 5.91 Å². The first-order valence-electron chi connectivity index (χ1n) is 6.59. The molecule has 0 N–H and O–H groups in total. The standard InChI is InChI=1S/C14H18N2O2/c1-10(17)16-11-2-3-12(16)9-14(8-11)18-13-4-6-15-7-5-13/h4-7,11-12,14H,2-3,8-9H2,1H3. The summed E-state index contributed by atoms with van der Waals surface area (Å²) in [5.41, 5.74) is 0. The monoisotopic (exact) mass is 246 g/mol. The number of nitrogens with zero attached hydrogens (tertiary/aromatic N) is 2. The predicted molar refractivity (Wildman–Crippen MR) is 67.2 cm³/mol. The van der Waals surface area contributed by atoms with Crippen molar-refractivity contribution < 1.29 is 9.53 Å². The first-order valence-corrected chi connectivity index (χ1v) is 6.59. The Kier molecular flexibility index (Phi) is 2.94. The highest BCUT2D eigenvalue weighted by molar-refractivity contribution is 5.74. The minimum atomic E-state index is 0.213. The van der Waals surface area contributed by atoms with Crippen molar-refractivity contribution in [3.63, 3.8) is 0 Å². The minimum absolute atomic E-state index is 0.213. The molecule has 2 aliphatic rings. The third kappa shape index (κ3) is 2.07.